The third-order valence-electron chi connectivity index (χ3n) is 4.31. The summed E-state index contributed by atoms with van der Waals surface area (Å²) in [6, 6.07) is 7.91. The predicted octanol–water partition coefficient (Wildman–Crippen LogP) is 4.68. The number of alkyl halides is 1. The van der Waals surface area contributed by atoms with Crippen molar-refractivity contribution >= 4 is 27.3 Å². The maximum atomic E-state index is 14.5. The van der Waals surface area contributed by atoms with Gasteiger partial charge >= 0.3 is 0 Å². The molecule has 3 heterocycles. The number of fused-ring (bicyclic) bond motifs is 2. The lowest BCUT2D eigenvalue weighted by Gasteiger charge is -2.34. The molecule has 122 valence electrons. The summed E-state index contributed by atoms with van der Waals surface area (Å²) in [5.41, 5.74) is 2.20. The van der Waals surface area contributed by atoms with Crippen molar-refractivity contribution < 1.29 is 8.78 Å². The second kappa shape index (κ2) is 5.21. The topological polar surface area (TPSA) is 29.7 Å². The van der Waals surface area contributed by atoms with Gasteiger partial charge in [-0.2, -0.15) is 0 Å². The summed E-state index contributed by atoms with van der Waals surface area (Å²) in [6.07, 6.45) is 3.31. The molecule has 0 bridgehead atoms. The van der Waals surface area contributed by atoms with Crippen LogP contribution < -0.4 is 0 Å². The first-order chi connectivity index (χ1) is 11.4. The van der Waals surface area contributed by atoms with Gasteiger partial charge in [0.15, 0.2) is 11.5 Å². The van der Waals surface area contributed by atoms with Crippen LogP contribution in [0.5, 0.6) is 0 Å². The molecule has 0 fully saturated rings. The summed E-state index contributed by atoms with van der Waals surface area (Å²) in [6.45, 7) is 3.87. The van der Waals surface area contributed by atoms with E-state index in [0.29, 0.717) is 22.5 Å². The van der Waals surface area contributed by atoms with Gasteiger partial charge < -0.3 is 0 Å². The highest BCUT2D eigenvalue weighted by Gasteiger charge is 2.38. The molecule has 4 rings (SSSR count). The summed E-state index contributed by atoms with van der Waals surface area (Å²) < 4.78 is 30.1. The van der Waals surface area contributed by atoms with Gasteiger partial charge in [0.25, 0.3) is 0 Å². The zero-order valence-corrected chi connectivity index (χ0v) is 14.7. The van der Waals surface area contributed by atoms with E-state index in [9.17, 15) is 8.78 Å². The number of aliphatic imine (C=N–C) groups is 1. The fourth-order valence-corrected chi connectivity index (χ4v) is 3.67. The van der Waals surface area contributed by atoms with Crippen LogP contribution in [0.25, 0.3) is 5.65 Å². The number of benzene rings is 1. The molecule has 0 radical (unpaired) electrons. The van der Waals surface area contributed by atoms with E-state index in [0.717, 1.165) is 0 Å². The minimum Gasteiger partial charge on any atom is -0.296 e. The maximum absolute atomic E-state index is 14.5. The Labute approximate surface area is 146 Å². The zero-order valence-electron chi connectivity index (χ0n) is 13.1. The third-order valence-corrected chi connectivity index (χ3v) is 5.89. The summed E-state index contributed by atoms with van der Waals surface area (Å²) in [5, 5.41) is 0. The molecule has 6 heteroatoms. The van der Waals surface area contributed by atoms with Crippen molar-refractivity contribution in [1.82, 2.24) is 9.38 Å². The molecule has 1 aliphatic rings. The fourth-order valence-electron chi connectivity index (χ4n) is 3.11. The standard InChI is InChI=1S/C18H14BrF2N3/c1-18(2)16(19)14-10(5-3-6-11(14)20)15(23-18)13-9-22-17-12(21)7-4-8-24(13)17/h3-9,16H,1-2H3. The second-order valence-electron chi connectivity index (χ2n) is 6.37. The van der Waals surface area contributed by atoms with Gasteiger partial charge in [-0.05, 0) is 32.0 Å². The van der Waals surface area contributed by atoms with Crippen molar-refractivity contribution in [2.45, 2.75) is 24.2 Å². The Balaban J connectivity index is 2.04. The van der Waals surface area contributed by atoms with E-state index >= 15 is 0 Å². The lowest BCUT2D eigenvalue weighted by Crippen LogP contribution is -2.32. The van der Waals surface area contributed by atoms with Crippen molar-refractivity contribution in [3.05, 3.63) is 71.2 Å². The van der Waals surface area contributed by atoms with Crippen LogP contribution in [0.1, 0.15) is 35.5 Å². The molecular weight excluding hydrogens is 376 g/mol. The monoisotopic (exact) mass is 389 g/mol. The largest absolute Gasteiger partial charge is 0.296 e. The quantitative estimate of drug-likeness (QED) is 0.555. The molecular formula is C18H14BrF2N3. The molecule has 2 aromatic heterocycles. The number of aromatic nitrogens is 2. The van der Waals surface area contributed by atoms with Crippen LogP contribution >= 0.6 is 15.9 Å². The molecule has 0 spiro atoms. The maximum Gasteiger partial charge on any atom is 0.173 e. The minimum atomic E-state index is -0.554. The van der Waals surface area contributed by atoms with Crippen molar-refractivity contribution in [2.24, 2.45) is 4.99 Å². The lowest BCUT2D eigenvalue weighted by atomic mass is 9.85. The minimum absolute atomic E-state index is 0.229. The van der Waals surface area contributed by atoms with E-state index < -0.39 is 11.4 Å². The normalized spacial score (nSPS) is 19.2. The Hall–Kier alpha value is -2.08. The fraction of sp³-hybridized carbons (Fsp3) is 0.222. The van der Waals surface area contributed by atoms with E-state index in [1.165, 1.54) is 12.1 Å². The number of hydrogen-bond acceptors (Lipinski definition) is 2. The Morgan fingerprint density at radius 1 is 1.12 bits per heavy atom. The number of rotatable bonds is 1. The third kappa shape index (κ3) is 2.13. The smallest absolute Gasteiger partial charge is 0.173 e. The molecule has 24 heavy (non-hydrogen) atoms. The van der Waals surface area contributed by atoms with Crippen LogP contribution in [0, 0.1) is 11.6 Å². The first-order valence-electron chi connectivity index (χ1n) is 7.55. The number of halogens is 3. The SMILES string of the molecule is CC1(C)N=C(c2cnc3c(F)cccn23)c2cccc(F)c2C1Br. The average molecular weight is 390 g/mol. The number of pyridine rings is 1. The molecule has 1 atom stereocenters. The van der Waals surface area contributed by atoms with Gasteiger partial charge in [0.2, 0.25) is 0 Å². The molecule has 1 unspecified atom stereocenters. The molecule has 0 amide bonds. The highest BCUT2D eigenvalue weighted by molar-refractivity contribution is 9.09. The molecule has 3 aromatic rings. The van der Waals surface area contributed by atoms with Crippen molar-refractivity contribution in [1.29, 1.82) is 0 Å². The van der Waals surface area contributed by atoms with Crippen LogP contribution in [0.2, 0.25) is 0 Å². The highest BCUT2D eigenvalue weighted by atomic mass is 79.9. The average Bonchev–Trinajstić information content (AvgIpc) is 2.96. The van der Waals surface area contributed by atoms with Gasteiger partial charge in [-0.15, -0.1) is 0 Å². The van der Waals surface area contributed by atoms with E-state index in [2.05, 4.69) is 20.9 Å². The van der Waals surface area contributed by atoms with Gasteiger partial charge in [-0.1, -0.05) is 28.1 Å². The zero-order chi connectivity index (χ0) is 17.1. The molecule has 3 nitrogen and oxygen atoms in total. The van der Waals surface area contributed by atoms with Gasteiger partial charge in [0.05, 0.1) is 28.0 Å². The molecule has 0 saturated heterocycles. The van der Waals surface area contributed by atoms with Gasteiger partial charge in [0.1, 0.15) is 5.82 Å². The van der Waals surface area contributed by atoms with E-state index in [4.69, 9.17) is 4.99 Å². The lowest BCUT2D eigenvalue weighted by molar-refractivity contribution is 0.488. The number of nitrogens with zero attached hydrogens (tertiary/aromatic N) is 3. The van der Waals surface area contributed by atoms with Crippen LogP contribution in [0.15, 0.2) is 47.7 Å². The van der Waals surface area contributed by atoms with Crippen LogP contribution in [0.4, 0.5) is 8.78 Å². The van der Waals surface area contributed by atoms with Crippen molar-refractivity contribution in [3.63, 3.8) is 0 Å². The summed E-state index contributed by atoms with van der Waals surface area (Å²) in [7, 11) is 0. The second-order valence-corrected chi connectivity index (χ2v) is 7.29. The predicted molar refractivity (Wildman–Crippen MR) is 92.9 cm³/mol. The van der Waals surface area contributed by atoms with E-state index in [-0.39, 0.29) is 16.3 Å². The van der Waals surface area contributed by atoms with Gasteiger partial charge in [-0.25, -0.2) is 13.8 Å². The Morgan fingerprint density at radius 2 is 1.88 bits per heavy atom. The van der Waals surface area contributed by atoms with Gasteiger partial charge in [-0.3, -0.25) is 9.39 Å². The van der Waals surface area contributed by atoms with Crippen LogP contribution in [0.3, 0.4) is 0 Å². The highest BCUT2D eigenvalue weighted by Crippen LogP contribution is 2.44. The molecule has 0 aliphatic carbocycles. The molecule has 1 aliphatic heterocycles. The summed E-state index contributed by atoms with van der Waals surface area (Å²) >= 11 is 3.58. The number of imidazole rings is 1. The van der Waals surface area contributed by atoms with Crippen molar-refractivity contribution in [2.75, 3.05) is 0 Å². The molecule has 0 N–H and O–H groups in total. The van der Waals surface area contributed by atoms with Gasteiger partial charge in [0, 0.05) is 17.3 Å². The van der Waals surface area contributed by atoms with Crippen LogP contribution in [-0.4, -0.2) is 20.6 Å². The summed E-state index contributed by atoms with van der Waals surface area (Å²) in [5.74, 6) is -0.688. The first kappa shape index (κ1) is 15.4. The first-order valence-corrected chi connectivity index (χ1v) is 8.46. The summed E-state index contributed by atoms with van der Waals surface area (Å²) in [4.78, 5) is 8.73. The van der Waals surface area contributed by atoms with E-state index in [1.54, 1.807) is 28.9 Å². The van der Waals surface area contributed by atoms with E-state index in [1.807, 2.05) is 19.9 Å². The molecule has 0 saturated carbocycles. The Morgan fingerprint density at radius 3 is 2.67 bits per heavy atom. The van der Waals surface area contributed by atoms with Crippen molar-refractivity contribution in [3.8, 4) is 0 Å². The number of hydrogen-bond donors (Lipinski definition) is 0. The Bertz CT molecular complexity index is 991. The Kier molecular flexibility index (Phi) is 3.35. The van der Waals surface area contributed by atoms with Crippen LogP contribution in [-0.2, 0) is 0 Å². The molecule has 1 aromatic carbocycles.